The summed E-state index contributed by atoms with van der Waals surface area (Å²) in [5, 5.41) is 15.6. The van der Waals surface area contributed by atoms with Gasteiger partial charge in [-0.2, -0.15) is 4.98 Å². The van der Waals surface area contributed by atoms with E-state index in [4.69, 9.17) is 4.52 Å². The number of nitrogens with zero attached hydrogens (tertiary/aromatic N) is 5. The molecule has 0 fully saturated rings. The molecule has 0 spiro atoms. The summed E-state index contributed by atoms with van der Waals surface area (Å²) < 4.78 is 20.0. The van der Waals surface area contributed by atoms with Crippen LogP contribution < -0.4 is 5.32 Å². The molecule has 0 aliphatic rings. The van der Waals surface area contributed by atoms with Crippen molar-refractivity contribution >= 4 is 17.7 Å². The van der Waals surface area contributed by atoms with Crippen LogP contribution in [0.3, 0.4) is 0 Å². The van der Waals surface area contributed by atoms with Gasteiger partial charge in [-0.05, 0) is 24.6 Å². The summed E-state index contributed by atoms with van der Waals surface area (Å²) in [6.07, 6.45) is 0. The van der Waals surface area contributed by atoms with Crippen molar-refractivity contribution in [2.75, 3.05) is 5.75 Å². The Balaban J connectivity index is 1.36. The molecule has 4 rings (SSSR count). The van der Waals surface area contributed by atoms with E-state index >= 15 is 0 Å². The monoisotopic (exact) mass is 438 g/mol. The smallest absolute Gasteiger partial charge is 0.296 e. The van der Waals surface area contributed by atoms with Gasteiger partial charge in [-0.25, -0.2) is 4.39 Å². The summed E-state index contributed by atoms with van der Waals surface area (Å²) in [5.74, 6) is 0.811. The molecule has 1 amide bonds. The number of benzene rings is 2. The first kappa shape index (κ1) is 20.7. The van der Waals surface area contributed by atoms with E-state index in [9.17, 15) is 9.18 Å². The molecular formula is C21H19FN6O2S. The van der Waals surface area contributed by atoms with E-state index in [0.29, 0.717) is 23.4 Å². The Labute approximate surface area is 181 Å². The van der Waals surface area contributed by atoms with Crippen LogP contribution >= 0.6 is 11.8 Å². The Hall–Kier alpha value is -3.53. The van der Waals surface area contributed by atoms with Gasteiger partial charge in [0, 0.05) is 19.2 Å². The maximum absolute atomic E-state index is 12.9. The van der Waals surface area contributed by atoms with Gasteiger partial charge < -0.3 is 14.4 Å². The standard InChI is InChI=1S/C21H19FN6O2S/c1-13-3-7-15(8-4-13)18-24-20(30-27-18)19-25-26-21(28(19)2)31-12-17(29)23-11-14-5-9-16(22)10-6-14/h3-10H,11-12H2,1-2H3,(H,23,29). The molecule has 2 aromatic heterocycles. The first-order valence-corrected chi connectivity index (χ1v) is 10.4. The summed E-state index contributed by atoms with van der Waals surface area (Å²) >= 11 is 1.24. The van der Waals surface area contributed by atoms with E-state index in [1.807, 2.05) is 31.2 Å². The van der Waals surface area contributed by atoms with Crippen LogP contribution in [0.2, 0.25) is 0 Å². The lowest BCUT2D eigenvalue weighted by Gasteiger charge is -2.05. The minimum Gasteiger partial charge on any atom is -0.351 e. The van der Waals surface area contributed by atoms with Gasteiger partial charge in [-0.15, -0.1) is 10.2 Å². The van der Waals surface area contributed by atoms with E-state index in [1.165, 1.54) is 23.9 Å². The molecule has 1 N–H and O–H groups in total. The van der Waals surface area contributed by atoms with E-state index in [2.05, 4.69) is 25.7 Å². The SMILES string of the molecule is Cc1ccc(-c2noc(-c3nnc(SCC(=O)NCc4ccc(F)cc4)n3C)n2)cc1. The largest absolute Gasteiger partial charge is 0.351 e. The Morgan fingerprint density at radius 2 is 1.87 bits per heavy atom. The molecule has 8 nitrogen and oxygen atoms in total. The van der Waals surface area contributed by atoms with E-state index < -0.39 is 0 Å². The molecule has 4 aromatic rings. The minimum atomic E-state index is -0.309. The van der Waals surface area contributed by atoms with E-state index in [0.717, 1.165) is 16.7 Å². The minimum absolute atomic E-state index is 0.158. The molecule has 158 valence electrons. The average molecular weight is 438 g/mol. The fourth-order valence-electron chi connectivity index (χ4n) is 2.75. The highest BCUT2D eigenvalue weighted by Gasteiger charge is 2.19. The van der Waals surface area contributed by atoms with Crippen molar-refractivity contribution in [1.82, 2.24) is 30.2 Å². The number of hydrogen-bond acceptors (Lipinski definition) is 7. The molecule has 0 aliphatic heterocycles. The lowest BCUT2D eigenvalue weighted by molar-refractivity contribution is -0.118. The molecule has 0 saturated carbocycles. The summed E-state index contributed by atoms with van der Waals surface area (Å²) in [5.41, 5.74) is 2.81. The molecule has 2 heterocycles. The first-order chi connectivity index (χ1) is 15.0. The third-order valence-electron chi connectivity index (χ3n) is 4.50. The highest BCUT2D eigenvalue weighted by atomic mass is 32.2. The van der Waals surface area contributed by atoms with Crippen LogP contribution in [0, 0.1) is 12.7 Å². The number of carbonyl (C=O) groups excluding carboxylic acids is 1. The number of nitrogens with one attached hydrogen (secondary N) is 1. The average Bonchev–Trinajstić information content (AvgIpc) is 3.39. The van der Waals surface area contributed by atoms with Crippen molar-refractivity contribution in [3.05, 3.63) is 65.5 Å². The van der Waals surface area contributed by atoms with Gasteiger partial charge in [0.25, 0.3) is 5.89 Å². The molecular weight excluding hydrogens is 419 g/mol. The molecule has 10 heteroatoms. The molecule has 0 unspecified atom stereocenters. The van der Waals surface area contributed by atoms with Crippen LogP contribution in [0.5, 0.6) is 0 Å². The fraction of sp³-hybridized carbons (Fsp3) is 0.190. The van der Waals surface area contributed by atoms with Crippen LogP contribution in [0.15, 0.2) is 58.2 Å². The van der Waals surface area contributed by atoms with Crippen LogP contribution in [0.25, 0.3) is 23.1 Å². The summed E-state index contributed by atoms with van der Waals surface area (Å²) in [7, 11) is 1.77. The Morgan fingerprint density at radius 3 is 2.61 bits per heavy atom. The molecule has 0 atom stereocenters. The third-order valence-corrected chi connectivity index (χ3v) is 5.52. The lowest BCUT2D eigenvalue weighted by Crippen LogP contribution is -2.24. The lowest BCUT2D eigenvalue weighted by atomic mass is 10.1. The van der Waals surface area contributed by atoms with Gasteiger partial charge in [-0.1, -0.05) is 58.9 Å². The van der Waals surface area contributed by atoms with E-state index in [-0.39, 0.29) is 23.4 Å². The van der Waals surface area contributed by atoms with Gasteiger partial charge in [0.2, 0.25) is 17.6 Å². The molecule has 0 radical (unpaired) electrons. The zero-order valence-corrected chi connectivity index (χ0v) is 17.7. The third kappa shape index (κ3) is 4.97. The van der Waals surface area contributed by atoms with Gasteiger partial charge in [0.15, 0.2) is 5.16 Å². The number of halogens is 1. The number of aryl methyl sites for hydroxylation is 1. The second-order valence-corrected chi connectivity index (χ2v) is 7.79. The van der Waals surface area contributed by atoms with Crippen molar-refractivity contribution < 1.29 is 13.7 Å². The predicted octanol–water partition coefficient (Wildman–Crippen LogP) is 3.39. The maximum Gasteiger partial charge on any atom is 0.296 e. The van der Waals surface area contributed by atoms with Crippen molar-refractivity contribution in [3.63, 3.8) is 0 Å². The zero-order chi connectivity index (χ0) is 21.8. The highest BCUT2D eigenvalue weighted by Crippen LogP contribution is 2.24. The van der Waals surface area contributed by atoms with Crippen molar-refractivity contribution in [2.24, 2.45) is 7.05 Å². The molecule has 0 bridgehead atoms. The number of aromatic nitrogens is 5. The predicted molar refractivity (Wildman–Crippen MR) is 113 cm³/mol. The fourth-order valence-corrected chi connectivity index (χ4v) is 3.49. The molecule has 2 aromatic carbocycles. The van der Waals surface area contributed by atoms with Crippen LogP contribution in [0.4, 0.5) is 4.39 Å². The number of amides is 1. The highest BCUT2D eigenvalue weighted by molar-refractivity contribution is 7.99. The van der Waals surface area contributed by atoms with Gasteiger partial charge in [-0.3, -0.25) is 4.79 Å². The maximum atomic E-state index is 12.9. The topological polar surface area (TPSA) is 98.7 Å². The van der Waals surface area contributed by atoms with Crippen molar-refractivity contribution in [1.29, 1.82) is 0 Å². The quantitative estimate of drug-likeness (QED) is 0.442. The van der Waals surface area contributed by atoms with Crippen LogP contribution in [-0.2, 0) is 18.4 Å². The summed E-state index contributed by atoms with van der Waals surface area (Å²) in [6, 6.07) is 13.8. The number of thioether (sulfide) groups is 1. The Kier molecular flexibility index (Phi) is 6.08. The van der Waals surface area contributed by atoms with Crippen molar-refractivity contribution in [2.45, 2.75) is 18.6 Å². The second kappa shape index (κ2) is 9.09. The van der Waals surface area contributed by atoms with Crippen molar-refractivity contribution in [3.8, 4) is 23.1 Å². The summed E-state index contributed by atoms with van der Waals surface area (Å²) in [6.45, 7) is 2.33. The van der Waals surface area contributed by atoms with Crippen LogP contribution in [-0.4, -0.2) is 36.6 Å². The summed E-state index contributed by atoms with van der Waals surface area (Å²) in [4.78, 5) is 16.5. The van der Waals surface area contributed by atoms with Crippen LogP contribution in [0.1, 0.15) is 11.1 Å². The van der Waals surface area contributed by atoms with Gasteiger partial charge in [0.1, 0.15) is 5.82 Å². The number of rotatable bonds is 7. The normalized spacial score (nSPS) is 10.9. The molecule has 0 saturated heterocycles. The number of carbonyl (C=O) groups is 1. The first-order valence-electron chi connectivity index (χ1n) is 9.44. The molecule has 31 heavy (non-hydrogen) atoms. The Morgan fingerprint density at radius 1 is 1.13 bits per heavy atom. The zero-order valence-electron chi connectivity index (χ0n) is 16.9. The van der Waals surface area contributed by atoms with E-state index in [1.54, 1.807) is 23.7 Å². The van der Waals surface area contributed by atoms with Gasteiger partial charge >= 0.3 is 0 Å². The second-order valence-electron chi connectivity index (χ2n) is 6.85. The Bertz CT molecular complexity index is 1190. The van der Waals surface area contributed by atoms with Gasteiger partial charge in [0.05, 0.1) is 5.75 Å². The number of hydrogen-bond donors (Lipinski definition) is 1. The molecule has 0 aliphatic carbocycles.